The number of anilines is 2. The Hall–Kier alpha value is -3.37. The first-order valence-electron chi connectivity index (χ1n) is 15.1. The lowest BCUT2D eigenvalue weighted by Gasteiger charge is -2.37. The predicted molar refractivity (Wildman–Crippen MR) is 176 cm³/mol. The third kappa shape index (κ3) is 8.01. The number of benzene rings is 3. The Morgan fingerprint density at radius 3 is 2.18 bits per heavy atom. The first-order chi connectivity index (χ1) is 21.1. The fourth-order valence-corrected chi connectivity index (χ4v) is 8.36. The average Bonchev–Trinajstić information content (AvgIpc) is 3.12. The van der Waals surface area contributed by atoms with Gasteiger partial charge in [0, 0.05) is 23.7 Å². The van der Waals surface area contributed by atoms with Crippen LogP contribution in [0.2, 0.25) is 0 Å². The molecule has 236 valence electrons. The number of nitrogens with one attached hydrogen (secondary N) is 1. The fraction of sp³-hybridized carbons (Fsp3) is 0.412. The number of unbranched alkanes of at least 4 members (excludes halogenated alkanes) is 2. The number of esters is 1. The van der Waals surface area contributed by atoms with Gasteiger partial charge in [-0.2, -0.15) is 0 Å². The third-order valence-electron chi connectivity index (χ3n) is 8.05. The summed E-state index contributed by atoms with van der Waals surface area (Å²) in [5, 5.41) is 2.66. The van der Waals surface area contributed by atoms with Crippen LogP contribution >= 0.6 is 15.9 Å². The first kappa shape index (κ1) is 33.5. The Balaban J connectivity index is 1.67. The van der Waals surface area contributed by atoms with Gasteiger partial charge in [0.15, 0.2) is 22.5 Å². The lowest BCUT2D eigenvalue weighted by atomic mass is 9.79. The van der Waals surface area contributed by atoms with Crippen LogP contribution in [-0.2, 0) is 24.2 Å². The molecule has 3 aromatic rings. The Bertz CT molecular complexity index is 1520. The Kier molecular flexibility index (Phi) is 11.5. The van der Waals surface area contributed by atoms with Crippen LogP contribution in [0.5, 0.6) is 5.75 Å². The van der Waals surface area contributed by atoms with Crippen LogP contribution in [0.25, 0.3) is 0 Å². The lowest BCUT2D eigenvalue weighted by Crippen LogP contribution is -2.38. The molecule has 0 aromatic heterocycles. The zero-order valence-corrected chi connectivity index (χ0v) is 28.0. The highest BCUT2D eigenvalue weighted by Gasteiger charge is 2.42. The monoisotopic (exact) mass is 684 g/mol. The van der Waals surface area contributed by atoms with E-state index in [1.807, 2.05) is 36.4 Å². The third-order valence-corrected chi connectivity index (χ3v) is 10.7. The van der Waals surface area contributed by atoms with E-state index in [-0.39, 0.29) is 16.4 Å². The Morgan fingerprint density at radius 1 is 0.977 bits per heavy atom. The molecule has 0 fully saturated rings. The van der Waals surface area contributed by atoms with Crippen molar-refractivity contribution in [1.29, 1.82) is 0 Å². The highest BCUT2D eigenvalue weighted by molar-refractivity contribution is 9.10. The van der Waals surface area contributed by atoms with Gasteiger partial charge in [0.1, 0.15) is 5.75 Å². The number of ether oxygens (including phenoxy) is 2. The number of rotatable bonds is 13. The van der Waals surface area contributed by atoms with Gasteiger partial charge in [-0.15, -0.1) is 0 Å². The summed E-state index contributed by atoms with van der Waals surface area (Å²) in [6, 6.07) is 20.9. The van der Waals surface area contributed by atoms with Gasteiger partial charge in [-0.25, -0.2) is 13.2 Å². The summed E-state index contributed by atoms with van der Waals surface area (Å²) in [7, 11) is -2.48. The lowest BCUT2D eigenvalue weighted by molar-refractivity contribution is -0.145. The number of methoxy groups -OCH3 is 1. The summed E-state index contributed by atoms with van der Waals surface area (Å²) < 4.78 is 39.7. The molecule has 1 N–H and O–H groups in total. The van der Waals surface area contributed by atoms with Gasteiger partial charge < -0.3 is 19.7 Å². The number of carbonyl (C=O) groups is 2. The van der Waals surface area contributed by atoms with Crippen LogP contribution in [0, 0.1) is 5.41 Å². The first-order valence-corrected chi connectivity index (χ1v) is 17.5. The van der Waals surface area contributed by atoms with E-state index >= 15 is 0 Å². The fourth-order valence-electron chi connectivity index (χ4n) is 5.80. The van der Waals surface area contributed by atoms with Crippen molar-refractivity contribution in [1.82, 2.24) is 5.32 Å². The van der Waals surface area contributed by atoms with E-state index in [9.17, 15) is 18.0 Å². The van der Waals surface area contributed by atoms with Crippen LogP contribution in [0.15, 0.2) is 82.2 Å². The van der Waals surface area contributed by atoms with Crippen molar-refractivity contribution in [2.75, 3.05) is 30.9 Å². The van der Waals surface area contributed by atoms with E-state index in [0.29, 0.717) is 22.3 Å². The molecule has 1 atom stereocenters. The molecule has 0 radical (unpaired) electrons. The molecule has 1 amide bonds. The van der Waals surface area contributed by atoms with Gasteiger partial charge in [-0.05, 0) is 52.5 Å². The van der Waals surface area contributed by atoms with Gasteiger partial charge in [-0.1, -0.05) is 88.1 Å². The molecule has 1 aliphatic heterocycles. The van der Waals surface area contributed by atoms with Crippen LogP contribution in [0.4, 0.5) is 11.4 Å². The number of hydrogen-bond donors (Lipinski definition) is 1. The summed E-state index contributed by atoms with van der Waals surface area (Å²) in [6.07, 6.45) is 5.49. The van der Waals surface area contributed by atoms with Crippen molar-refractivity contribution >= 4 is 49.0 Å². The summed E-state index contributed by atoms with van der Waals surface area (Å²) in [6.45, 7) is 4.41. The summed E-state index contributed by atoms with van der Waals surface area (Å²) in [5.74, 6) is -0.912. The maximum Gasteiger partial charge on any atom is 0.333 e. The molecular weight excluding hydrogens is 644 g/mol. The highest BCUT2D eigenvalue weighted by atomic mass is 79.9. The molecule has 1 heterocycles. The maximum atomic E-state index is 14.2. The molecule has 10 heteroatoms. The second-order valence-corrected chi connectivity index (χ2v) is 14.2. The number of amides is 1. The SMILES string of the molecule is CCCCC1(CCCC)CN(c2ccccc2)c2cc(Br)c(OCC(=O)N[C@H](C(=O)OC)c3ccccc3)cc2S(=O)(=O)C1. The van der Waals surface area contributed by atoms with Crippen molar-refractivity contribution in [3.05, 3.63) is 82.8 Å². The summed E-state index contributed by atoms with van der Waals surface area (Å²) in [4.78, 5) is 27.6. The van der Waals surface area contributed by atoms with E-state index in [0.717, 1.165) is 44.2 Å². The molecule has 0 saturated heterocycles. The van der Waals surface area contributed by atoms with Gasteiger partial charge in [0.25, 0.3) is 5.91 Å². The molecular formula is C34H41BrN2O6S. The van der Waals surface area contributed by atoms with Crippen molar-refractivity contribution in [2.45, 2.75) is 63.3 Å². The number of hydrogen-bond acceptors (Lipinski definition) is 7. The molecule has 0 aliphatic carbocycles. The second kappa shape index (κ2) is 15.1. The number of halogens is 1. The molecule has 8 nitrogen and oxygen atoms in total. The maximum absolute atomic E-state index is 14.2. The number of fused-ring (bicyclic) bond motifs is 1. The molecule has 0 bridgehead atoms. The number of sulfone groups is 1. The Morgan fingerprint density at radius 2 is 1.59 bits per heavy atom. The molecule has 0 unspecified atom stereocenters. The van der Waals surface area contributed by atoms with Gasteiger partial charge >= 0.3 is 5.97 Å². The topological polar surface area (TPSA) is 102 Å². The molecule has 44 heavy (non-hydrogen) atoms. The zero-order valence-electron chi connectivity index (χ0n) is 25.6. The molecule has 1 aliphatic rings. The normalized spacial score (nSPS) is 15.9. The summed E-state index contributed by atoms with van der Waals surface area (Å²) >= 11 is 3.57. The predicted octanol–water partition coefficient (Wildman–Crippen LogP) is 7.15. The largest absolute Gasteiger partial charge is 0.483 e. The standard InChI is InChI=1S/C34H41BrN2O6S/c1-4-6-18-34(19-7-5-2)23-37(26-16-12-9-13-17-26)28-20-27(35)29(21-30(28)44(40,41)24-34)43-22-31(38)36-32(33(39)42-3)25-14-10-8-11-15-25/h8-17,20-21,32H,4-7,18-19,22-24H2,1-3H3,(H,36,38)/t32-/m0/s1. The van der Waals surface area contributed by atoms with Crippen LogP contribution < -0.4 is 15.0 Å². The highest BCUT2D eigenvalue weighted by Crippen LogP contribution is 2.47. The van der Waals surface area contributed by atoms with Gasteiger partial charge in [0.05, 0.1) is 27.9 Å². The number of nitrogens with zero attached hydrogens (tertiary/aromatic N) is 1. The van der Waals surface area contributed by atoms with E-state index in [2.05, 4.69) is 40.0 Å². The number of para-hydroxylation sites is 1. The zero-order chi connectivity index (χ0) is 31.7. The minimum atomic E-state index is -3.74. The van der Waals surface area contributed by atoms with Crippen LogP contribution in [0.3, 0.4) is 0 Å². The van der Waals surface area contributed by atoms with Crippen molar-refractivity contribution in [3.63, 3.8) is 0 Å². The average molecular weight is 686 g/mol. The van der Waals surface area contributed by atoms with Gasteiger partial charge in [0.2, 0.25) is 0 Å². The van der Waals surface area contributed by atoms with Crippen LogP contribution in [-0.4, -0.2) is 46.3 Å². The quantitative estimate of drug-likeness (QED) is 0.191. The number of carbonyl (C=O) groups excluding carboxylic acids is 2. The van der Waals surface area contributed by atoms with E-state index < -0.39 is 39.8 Å². The molecule has 4 rings (SSSR count). The molecule has 0 spiro atoms. The minimum absolute atomic E-state index is 0.0375. The van der Waals surface area contributed by atoms with E-state index in [4.69, 9.17) is 9.47 Å². The smallest absolute Gasteiger partial charge is 0.333 e. The second-order valence-electron chi connectivity index (χ2n) is 11.4. The summed E-state index contributed by atoms with van der Waals surface area (Å²) in [5.41, 5.74) is 1.64. The molecule has 0 saturated carbocycles. The minimum Gasteiger partial charge on any atom is -0.483 e. The van der Waals surface area contributed by atoms with Crippen molar-refractivity contribution in [2.24, 2.45) is 5.41 Å². The van der Waals surface area contributed by atoms with Crippen LogP contribution in [0.1, 0.15) is 64.0 Å². The van der Waals surface area contributed by atoms with Crippen molar-refractivity contribution in [3.8, 4) is 5.75 Å². The molecule has 3 aromatic carbocycles. The van der Waals surface area contributed by atoms with E-state index in [1.54, 1.807) is 30.3 Å². The van der Waals surface area contributed by atoms with Gasteiger partial charge in [-0.3, -0.25) is 4.79 Å². The Labute approximate surface area is 269 Å². The van der Waals surface area contributed by atoms with E-state index in [1.165, 1.54) is 13.2 Å². The van der Waals surface area contributed by atoms with Crippen molar-refractivity contribution < 1.29 is 27.5 Å².